The SMILES string of the molecule is CN(c1nc2ncc(-c3ccccc3)cc2[nH]1)[N+]1(C)C(NO)=Nc2ncc(-c3ccccc3)cc21. The van der Waals surface area contributed by atoms with Crippen LogP contribution in [0.5, 0.6) is 0 Å². The van der Waals surface area contributed by atoms with Gasteiger partial charge in [0.1, 0.15) is 7.05 Å². The number of H-pyrrole nitrogens is 1. The average Bonchev–Trinajstić information content (AvgIpc) is 3.47. The van der Waals surface area contributed by atoms with E-state index in [1.54, 1.807) is 6.20 Å². The average molecular weight is 464 g/mol. The van der Waals surface area contributed by atoms with Gasteiger partial charge < -0.3 is 4.98 Å². The number of guanidine groups is 1. The summed E-state index contributed by atoms with van der Waals surface area (Å²) in [5.74, 6) is 1.40. The molecule has 0 aliphatic carbocycles. The molecule has 0 fully saturated rings. The molecule has 0 spiro atoms. The number of nitrogens with one attached hydrogen (secondary N) is 2. The van der Waals surface area contributed by atoms with Crippen LogP contribution in [0.1, 0.15) is 0 Å². The lowest BCUT2D eigenvalue weighted by molar-refractivity contribution is 0.215. The first-order chi connectivity index (χ1) is 17.1. The summed E-state index contributed by atoms with van der Waals surface area (Å²) in [4.78, 5) is 21.8. The van der Waals surface area contributed by atoms with E-state index in [0.717, 1.165) is 33.5 Å². The summed E-state index contributed by atoms with van der Waals surface area (Å²) in [7, 11) is 3.80. The standard InChI is InChI=1S/C26H23N8O/c1-33(25-29-21-13-19(15-27-23(21)30-25)17-9-5-3-6-10-17)34(2)22-14-20(18-11-7-4-8-12-18)16-28-24(22)31-26(34)32-35/h3-16,35H,1-2H3,(H,27,29,30)(H,28,31,32)/q+1. The molecule has 1 atom stereocenters. The van der Waals surface area contributed by atoms with E-state index in [-0.39, 0.29) is 4.59 Å². The lowest BCUT2D eigenvalue weighted by Crippen LogP contribution is -2.64. The number of hydroxylamine groups is 1. The van der Waals surface area contributed by atoms with E-state index in [1.807, 2.05) is 98.1 Å². The first-order valence-electron chi connectivity index (χ1n) is 11.2. The number of nitrogens with zero attached hydrogens (tertiary/aromatic N) is 6. The number of imidazole rings is 1. The van der Waals surface area contributed by atoms with Gasteiger partial charge in [-0.3, -0.25) is 5.21 Å². The van der Waals surface area contributed by atoms with Crippen molar-refractivity contribution in [1.29, 1.82) is 0 Å². The fourth-order valence-electron chi connectivity index (χ4n) is 4.40. The Balaban J connectivity index is 1.42. The van der Waals surface area contributed by atoms with Crippen LogP contribution in [0.4, 0.5) is 17.5 Å². The number of aliphatic imine (C=N–C) groups is 1. The Morgan fingerprint density at radius 2 is 1.49 bits per heavy atom. The van der Waals surface area contributed by atoms with Gasteiger partial charge in [0.15, 0.2) is 5.65 Å². The Hall–Kier alpha value is -4.60. The number of hydrogen-bond donors (Lipinski definition) is 3. The first kappa shape index (κ1) is 21.0. The molecule has 0 saturated carbocycles. The number of pyridine rings is 2. The van der Waals surface area contributed by atoms with Crippen LogP contribution >= 0.6 is 0 Å². The third-order valence-corrected chi connectivity index (χ3v) is 6.49. The van der Waals surface area contributed by atoms with Crippen molar-refractivity contribution in [2.75, 3.05) is 19.1 Å². The summed E-state index contributed by atoms with van der Waals surface area (Å²) < 4.78 is 0.00483. The Bertz CT molecular complexity index is 1560. The van der Waals surface area contributed by atoms with Gasteiger partial charge in [0.25, 0.3) is 5.95 Å². The molecule has 6 rings (SSSR count). The van der Waals surface area contributed by atoms with Crippen LogP contribution < -0.4 is 15.1 Å². The van der Waals surface area contributed by atoms with Crippen molar-refractivity contribution in [3.8, 4) is 22.3 Å². The molecule has 0 bridgehead atoms. The van der Waals surface area contributed by atoms with Gasteiger partial charge in [-0.25, -0.2) is 15.4 Å². The van der Waals surface area contributed by atoms with E-state index in [0.29, 0.717) is 23.4 Å². The van der Waals surface area contributed by atoms with E-state index in [9.17, 15) is 5.21 Å². The molecule has 2 aromatic carbocycles. The second kappa shape index (κ2) is 8.01. The van der Waals surface area contributed by atoms with Crippen molar-refractivity contribution < 1.29 is 5.21 Å². The molecule has 4 heterocycles. The van der Waals surface area contributed by atoms with Gasteiger partial charge >= 0.3 is 5.96 Å². The molecule has 3 aromatic heterocycles. The Morgan fingerprint density at radius 1 is 0.857 bits per heavy atom. The summed E-state index contributed by atoms with van der Waals surface area (Å²) >= 11 is 0. The predicted octanol–water partition coefficient (Wildman–Crippen LogP) is 4.66. The molecule has 1 aliphatic rings. The third-order valence-electron chi connectivity index (χ3n) is 6.49. The number of benzene rings is 2. The minimum Gasteiger partial charge on any atom is -0.319 e. The van der Waals surface area contributed by atoms with Gasteiger partial charge in [0, 0.05) is 29.6 Å². The van der Waals surface area contributed by atoms with Crippen molar-refractivity contribution in [3.63, 3.8) is 0 Å². The molecule has 9 heteroatoms. The highest BCUT2D eigenvalue weighted by Crippen LogP contribution is 2.41. The maximum Gasteiger partial charge on any atom is 0.359 e. The summed E-state index contributed by atoms with van der Waals surface area (Å²) in [6, 6.07) is 24.2. The summed E-state index contributed by atoms with van der Waals surface area (Å²) in [6.45, 7) is 0. The number of hydrogen-bond acceptors (Lipinski definition) is 7. The van der Waals surface area contributed by atoms with Crippen molar-refractivity contribution in [2.24, 2.45) is 4.99 Å². The van der Waals surface area contributed by atoms with Crippen molar-refractivity contribution in [2.45, 2.75) is 0 Å². The minimum absolute atomic E-state index is 0.00483. The van der Waals surface area contributed by atoms with E-state index in [4.69, 9.17) is 4.98 Å². The van der Waals surface area contributed by atoms with E-state index >= 15 is 0 Å². The molecule has 172 valence electrons. The maximum absolute atomic E-state index is 9.96. The lowest BCUT2D eigenvalue weighted by atomic mass is 10.1. The number of aromatic amines is 1. The molecular formula is C26H23N8O+. The Labute approximate surface area is 201 Å². The Kier molecular flexibility index (Phi) is 4.80. The molecule has 0 amide bonds. The van der Waals surface area contributed by atoms with Gasteiger partial charge in [-0.1, -0.05) is 60.7 Å². The second-order valence-corrected chi connectivity index (χ2v) is 8.48. The smallest absolute Gasteiger partial charge is 0.319 e. The lowest BCUT2D eigenvalue weighted by Gasteiger charge is -2.35. The van der Waals surface area contributed by atoms with Crippen LogP contribution in [-0.2, 0) is 0 Å². The Morgan fingerprint density at radius 3 is 2.14 bits per heavy atom. The number of fused-ring (bicyclic) bond motifs is 2. The van der Waals surface area contributed by atoms with Gasteiger partial charge in [-0.05, 0) is 17.2 Å². The van der Waals surface area contributed by atoms with E-state index in [2.05, 4.69) is 25.4 Å². The quantitative estimate of drug-likeness (QED) is 0.265. The zero-order valence-electron chi connectivity index (χ0n) is 19.2. The van der Waals surface area contributed by atoms with E-state index in [1.165, 1.54) is 0 Å². The van der Waals surface area contributed by atoms with Crippen molar-refractivity contribution >= 4 is 34.6 Å². The molecule has 1 unspecified atom stereocenters. The fraction of sp³-hybridized carbons (Fsp3) is 0.0769. The highest BCUT2D eigenvalue weighted by atomic mass is 16.5. The summed E-state index contributed by atoms with van der Waals surface area (Å²) in [5.41, 5.74) is 8.55. The van der Waals surface area contributed by atoms with Crippen LogP contribution in [0.2, 0.25) is 0 Å². The molecule has 1 aliphatic heterocycles. The van der Waals surface area contributed by atoms with Crippen LogP contribution in [0.15, 0.2) is 90.2 Å². The molecule has 3 N–H and O–H groups in total. The monoisotopic (exact) mass is 463 g/mol. The third kappa shape index (κ3) is 3.33. The zero-order chi connectivity index (χ0) is 24.0. The summed E-state index contributed by atoms with van der Waals surface area (Å²) in [5, 5.41) is 11.8. The largest absolute Gasteiger partial charge is 0.359 e. The fourth-order valence-corrected chi connectivity index (χ4v) is 4.40. The highest BCUT2D eigenvalue weighted by molar-refractivity contribution is 6.01. The molecule has 9 nitrogen and oxygen atoms in total. The van der Waals surface area contributed by atoms with Crippen LogP contribution in [-0.4, -0.2) is 45.2 Å². The predicted molar refractivity (Wildman–Crippen MR) is 137 cm³/mol. The molecule has 0 saturated heterocycles. The van der Waals surface area contributed by atoms with Crippen molar-refractivity contribution in [3.05, 3.63) is 85.2 Å². The first-order valence-corrected chi connectivity index (χ1v) is 11.2. The molecule has 35 heavy (non-hydrogen) atoms. The van der Waals surface area contributed by atoms with E-state index < -0.39 is 0 Å². The summed E-state index contributed by atoms with van der Waals surface area (Å²) in [6.07, 6.45) is 3.61. The topological polar surface area (TPSA) is 102 Å². The van der Waals surface area contributed by atoms with Crippen LogP contribution in [0.25, 0.3) is 33.4 Å². The van der Waals surface area contributed by atoms with Crippen LogP contribution in [0, 0.1) is 0 Å². The highest BCUT2D eigenvalue weighted by Gasteiger charge is 2.47. The second-order valence-electron chi connectivity index (χ2n) is 8.48. The normalized spacial score (nSPS) is 16.7. The minimum atomic E-state index is 0.00483. The number of anilines is 1. The number of quaternary nitrogens is 1. The van der Waals surface area contributed by atoms with Gasteiger partial charge in [0.2, 0.25) is 11.5 Å². The maximum atomic E-state index is 9.96. The van der Waals surface area contributed by atoms with Crippen molar-refractivity contribution in [1.82, 2.24) is 30.0 Å². The zero-order valence-corrected chi connectivity index (χ0v) is 19.2. The number of rotatable bonds is 4. The van der Waals surface area contributed by atoms with Crippen LogP contribution in [0.3, 0.4) is 0 Å². The molecule has 5 aromatic rings. The van der Waals surface area contributed by atoms with Gasteiger partial charge in [-0.2, -0.15) is 9.99 Å². The van der Waals surface area contributed by atoms with Gasteiger partial charge in [-0.15, -0.1) is 9.58 Å². The number of aromatic nitrogens is 4. The van der Waals surface area contributed by atoms with Gasteiger partial charge in [0.05, 0.1) is 12.6 Å². The molecule has 0 radical (unpaired) electrons. The molecular weight excluding hydrogens is 440 g/mol.